The SMILES string of the molecule is CCC1CCCN(CC(N)(C(=O)O)C2CC2)C1. The zero-order valence-corrected chi connectivity index (χ0v) is 10.7. The van der Waals surface area contributed by atoms with Gasteiger partial charge in [-0.15, -0.1) is 0 Å². The number of carboxylic acid groups (broad SMARTS) is 1. The molecule has 0 radical (unpaired) electrons. The van der Waals surface area contributed by atoms with E-state index in [1.165, 1.54) is 19.3 Å². The lowest BCUT2D eigenvalue weighted by atomic mass is 9.90. The Kier molecular flexibility index (Phi) is 3.73. The second-order valence-electron chi connectivity index (χ2n) is 5.77. The Balaban J connectivity index is 1.95. The number of carboxylic acids is 1. The number of hydrogen-bond donors (Lipinski definition) is 2. The molecule has 1 saturated heterocycles. The van der Waals surface area contributed by atoms with Gasteiger partial charge in [-0.1, -0.05) is 13.3 Å². The average Bonchev–Trinajstić information content (AvgIpc) is 3.13. The van der Waals surface area contributed by atoms with Crippen LogP contribution in [0.4, 0.5) is 0 Å². The van der Waals surface area contributed by atoms with Crippen molar-refractivity contribution in [2.75, 3.05) is 19.6 Å². The first-order chi connectivity index (χ1) is 8.06. The number of carbonyl (C=O) groups is 1. The smallest absolute Gasteiger partial charge is 0.325 e. The molecule has 3 N–H and O–H groups in total. The van der Waals surface area contributed by atoms with Crippen molar-refractivity contribution in [1.82, 2.24) is 4.90 Å². The summed E-state index contributed by atoms with van der Waals surface area (Å²) >= 11 is 0. The highest BCUT2D eigenvalue weighted by Crippen LogP contribution is 2.39. The van der Waals surface area contributed by atoms with Gasteiger partial charge < -0.3 is 15.7 Å². The third kappa shape index (κ3) is 2.80. The van der Waals surface area contributed by atoms with E-state index in [0.717, 1.165) is 31.8 Å². The summed E-state index contributed by atoms with van der Waals surface area (Å²) in [7, 11) is 0. The Morgan fingerprint density at radius 1 is 1.47 bits per heavy atom. The van der Waals surface area contributed by atoms with Crippen LogP contribution in [-0.4, -0.2) is 41.1 Å². The third-order valence-corrected chi connectivity index (χ3v) is 4.37. The molecule has 1 heterocycles. The number of nitrogens with two attached hydrogens (primary N) is 1. The fourth-order valence-corrected chi connectivity index (χ4v) is 2.97. The van der Waals surface area contributed by atoms with Crippen molar-refractivity contribution in [2.45, 2.75) is 44.6 Å². The number of piperidine rings is 1. The number of likely N-dealkylation sites (tertiary alicyclic amines) is 1. The van der Waals surface area contributed by atoms with E-state index >= 15 is 0 Å². The predicted octanol–water partition coefficient (Wildman–Crippen LogP) is 1.30. The number of rotatable bonds is 5. The molecule has 2 fully saturated rings. The zero-order valence-electron chi connectivity index (χ0n) is 10.7. The summed E-state index contributed by atoms with van der Waals surface area (Å²) in [5.41, 5.74) is 5.12. The fraction of sp³-hybridized carbons (Fsp3) is 0.923. The van der Waals surface area contributed by atoms with Crippen LogP contribution < -0.4 is 5.73 Å². The van der Waals surface area contributed by atoms with Crippen LogP contribution in [0.3, 0.4) is 0 Å². The highest BCUT2D eigenvalue weighted by Gasteiger charge is 2.49. The zero-order chi connectivity index (χ0) is 12.5. The van der Waals surface area contributed by atoms with Gasteiger partial charge in [-0.2, -0.15) is 0 Å². The number of hydrogen-bond acceptors (Lipinski definition) is 3. The van der Waals surface area contributed by atoms with Crippen molar-refractivity contribution in [1.29, 1.82) is 0 Å². The van der Waals surface area contributed by atoms with E-state index in [9.17, 15) is 9.90 Å². The van der Waals surface area contributed by atoms with Gasteiger partial charge in [-0.3, -0.25) is 4.79 Å². The van der Waals surface area contributed by atoms with Gasteiger partial charge >= 0.3 is 5.97 Å². The van der Waals surface area contributed by atoms with Crippen LogP contribution in [-0.2, 0) is 4.79 Å². The van der Waals surface area contributed by atoms with E-state index in [2.05, 4.69) is 11.8 Å². The van der Waals surface area contributed by atoms with Crippen LogP contribution in [0, 0.1) is 11.8 Å². The molecule has 1 saturated carbocycles. The molecule has 0 aromatic carbocycles. The first-order valence-corrected chi connectivity index (χ1v) is 6.81. The molecule has 0 bridgehead atoms. The molecule has 2 aliphatic rings. The van der Waals surface area contributed by atoms with Gasteiger partial charge in [0.25, 0.3) is 0 Å². The van der Waals surface area contributed by atoms with Gasteiger partial charge in [-0.25, -0.2) is 0 Å². The second kappa shape index (κ2) is 4.94. The third-order valence-electron chi connectivity index (χ3n) is 4.37. The van der Waals surface area contributed by atoms with Crippen molar-refractivity contribution < 1.29 is 9.90 Å². The monoisotopic (exact) mass is 240 g/mol. The summed E-state index contributed by atoms with van der Waals surface area (Å²) in [5, 5.41) is 9.34. The lowest BCUT2D eigenvalue weighted by molar-refractivity contribution is -0.145. The van der Waals surface area contributed by atoms with Crippen molar-refractivity contribution in [3.05, 3.63) is 0 Å². The molecule has 4 nitrogen and oxygen atoms in total. The molecule has 0 amide bonds. The van der Waals surface area contributed by atoms with Crippen LogP contribution in [0.2, 0.25) is 0 Å². The summed E-state index contributed by atoms with van der Waals surface area (Å²) in [6, 6.07) is 0. The lowest BCUT2D eigenvalue weighted by Gasteiger charge is -2.37. The first-order valence-electron chi connectivity index (χ1n) is 6.81. The molecule has 2 unspecified atom stereocenters. The van der Waals surface area contributed by atoms with Gasteiger partial charge in [0, 0.05) is 13.1 Å². The minimum Gasteiger partial charge on any atom is -0.480 e. The van der Waals surface area contributed by atoms with E-state index in [4.69, 9.17) is 5.73 Å². The standard InChI is InChI=1S/C13H24N2O2/c1-2-10-4-3-7-15(8-10)9-13(14,12(16)17)11-5-6-11/h10-11H,2-9,14H2,1H3,(H,16,17). The van der Waals surface area contributed by atoms with E-state index < -0.39 is 11.5 Å². The molecule has 0 spiro atoms. The van der Waals surface area contributed by atoms with Crippen LogP contribution in [0.25, 0.3) is 0 Å². The molecular weight excluding hydrogens is 216 g/mol. The molecule has 98 valence electrons. The number of nitrogens with zero attached hydrogens (tertiary/aromatic N) is 1. The van der Waals surface area contributed by atoms with Crippen molar-refractivity contribution in [3.63, 3.8) is 0 Å². The molecule has 0 aromatic heterocycles. The fourth-order valence-electron chi connectivity index (χ4n) is 2.97. The summed E-state index contributed by atoms with van der Waals surface area (Å²) < 4.78 is 0. The molecule has 0 aromatic rings. The normalized spacial score (nSPS) is 29.9. The van der Waals surface area contributed by atoms with E-state index in [-0.39, 0.29) is 5.92 Å². The highest BCUT2D eigenvalue weighted by atomic mass is 16.4. The van der Waals surface area contributed by atoms with Gasteiger partial charge in [-0.05, 0) is 44.1 Å². The molecule has 2 rings (SSSR count). The summed E-state index contributed by atoms with van der Waals surface area (Å²) in [5.74, 6) is 0.0987. The Hall–Kier alpha value is -0.610. The van der Waals surface area contributed by atoms with E-state index in [1.54, 1.807) is 0 Å². The quantitative estimate of drug-likeness (QED) is 0.760. The molecular formula is C13H24N2O2. The lowest BCUT2D eigenvalue weighted by Crippen LogP contribution is -2.59. The Labute approximate surface area is 103 Å². The van der Waals surface area contributed by atoms with E-state index in [1.807, 2.05) is 0 Å². The molecule has 1 aliphatic carbocycles. The minimum atomic E-state index is -1.00. The summed E-state index contributed by atoms with van der Waals surface area (Å²) in [6.07, 6.45) is 5.60. The minimum absolute atomic E-state index is 0.196. The largest absolute Gasteiger partial charge is 0.480 e. The van der Waals surface area contributed by atoms with Crippen LogP contribution in [0.1, 0.15) is 39.0 Å². The van der Waals surface area contributed by atoms with Crippen LogP contribution >= 0.6 is 0 Å². The first kappa shape index (κ1) is 12.8. The van der Waals surface area contributed by atoms with Gasteiger partial charge in [0.2, 0.25) is 0 Å². The van der Waals surface area contributed by atoms with Gasteiger partial charge in [0.1, 0.15) is 5.54 Å². The highest BCUT2D eigenvalue weighted by molar-refractivity contribution is 5.79. The van der Waals surface area contributed by atoms with Crippen LogP contribution in [0.15, 0.2) is 0 Å². The summed E-state index contributed by atoms with van der Waals surface area (Å²) in [6.45, 7) is 4.77. The molecule has 2 atom stereocenters. The molecule has 4 heteroatoms. The predicted molar refractivity (Wildman–Crippen MR) is 66.7 cm³/mol. The maximum absolute atomic E-state index is 11.4. The topological polar surface area (TPSA) is 66.6 Å². The van der Waals surface area contributed by atoms with Crippen LogP contribution in [0.5, 0.6) is 0 Å². The second-order valence-corrected chi connectivity index (χ2v) is 5.77. The Morgan fingerprint density at radius 3 is 2.71 bits per heavy atom. The van der Waals surface area contributed by atoms with Gasteiger partial charge in [0.15, 0.2) is 0 Å². The van der Waals surface area contributed by atoms with Gasteiger partial charge in [0.05, 0.1) is 0 Å². The summed E-state index contributed by atoms with van der Waals surface area (Å²) in [4.78, 5) is 13.6. The van der Waals surface area contributed by atoms with Crippen molar-refractivity contribution in [2.24, 2.45) is 17.6 Å². The average molecular weight is 240 g/mol. The van der Waals surface area contributed by atoms with Crippen molar-refractivity contribution in [3.8, 4) is 0 Å². The maximum atomic E-state index is 11.4. The Morgan fingerprint density at radius 2 is 2.18 bits per heavy atom. The molecule has 17 heavy (non-hydrogen) atoms. The Bertz CT molecular complexity index is 291. The maximum Gasteiger partial charge on any atom is 0.325 e. The number of aliphatic carboxylic acids is 1. The van der Waals surface area contributed by atoms with E-state index in [0.29, 0.717) is 6.54 Å². The van der Waals surface area contributed by atoms with Crippen molar-refractivity contribution >= 4 is 5.97 Å². The molecule has 1 aliphatic heterocycles.